The minimum Gasteiger partial charge on any atom is -0.493 e. The summed E-state index contributed by atoms with van der Waals surface area (Å²) in [6.45, 7) is 21.4. The van der Waals surface area contributed by atoms with Crippen molar-refractivity contribution in [3.63, 3.8) is 0 Å². The molecule has 1 saturated carbocycles. The van der Waals surface area contributed by atoms with Crippen LogP contribution in [0.3, 0.4) is 0 Å². The van der Waals surface area contributed by atoms with Crippen LogP contribution in [0.4, 0.5) is 5.82 Å². The number of aromatic nitrogens is 1. The summed E-state index contributed by atoms with van der Waals surface area (Å²) in [6.07, 6.45) is 7.71. The predicted molar refractivity (Wildman–Crippen MR) is 165 cm³/mol. The number of ether oxygens (including phenoxy) is 3. The average molecular weight is 555 g/mol. The molecule has 1 heterocycles. The first-order valence-electron chi connectivity index (χ1n) is 15.3. The number of unbranched alkanes of at least 4 members (excludes halogenated alkanes) is 2. The van der Waals surface area contributed by atoms with Crippen molar-refractivity contribution in [2.45, 2.75) is 107 Å². The predicted octanol–water partition coefficient (Wildman–Crippen LogP) is 8.90. The number of rotatable bonds is 11. The van der Waals surface area contributed by atoms with Crippen LogP contribution in [0.2, 0.25) is 0 Å². The Kier molecular flexibility index (Phi) is 10.6. The summed E-state index contributed by atoms with van der Waals surface area (Å²) >= 11 is 0. The standard InChI is InChI=1S/C34H54N2O4/c1-10-12-14-38-24-18-23(19-25(20-24)39-15-13-11-2)26-21-36-31(35)29(26)32(37)40-30-27(33(4,5)6)16-22(3)17-28(30)34(7,8)9/h18-22,27-28,30,36H,10-17,35H2,1-9H3. The van der Waals surface area contributed by atoms with Gasteiger partial charge in [0.15, 0.2) is 0 Å². The fourth-order valence-electron chi connectivity index (χ4n) is 6.00. The third kappa shape index (κ3) is 7.98. The highest BCUT2D eigenvalue weighted by molar-refractivity contribution is 6.02. The molecule has 1 aliphatic rings. The van der Waals surface area contributed by atoms with Gasteiger partial charge in [-0.05, 0) is 60.1 Å². The molecule has 0 saturated heterocycles. The normalized spacial score (nSPS) is 21.7. The van der Waals surface area contributed by atoms with Gasteiger partial charge in [-0.15, -0.1) is 0 Å². The van der Waals surface area contributed by atoms with Crippen LogP contribution in [-0.2, 0) is 4.74 Å². The Balaban J connectivity index is 1.99. The van der Waals surface area contributed by atoms with Crippen molar-refractivity contribution in [3.05, 3.63) is 30.0 Å². The maximum absolute atomic E-state index is 14.0. The van der Waals surface area contributed by atoms with E-state index in [9.17, 15) is 4.79 Å². The van der Waals surface area contributed by atoms with E-state index in [4.69, 9.17) is 19.9 Å². The Labute approximate surface area is 242 Å². The van der Waals surface area contributed by atoms with Crippen molar-refractivity contribution in [3.8, 4) is 22.6 Å². The number of hydrogen-bond donors (Lipinski definition) is 2. The third-order valence-corrected chi connectivity index (χ3v) is 8.41. The molecule has 3 rings (SSSR count). The summed E-state index contributed by atoms with van der Waals surface area (Å²) in [6, 6.07) is 5.84. The molecule has 1 aliphatic carbocycles. The number of nitrogens with two attached hydrogens (primary N) is 1. The number of H-pyrrole nitrogens is 1. The molecular formula is C34H54N2O4. The largest absolute Gasteiger partial charge is 0.493 e. The van der Waals surface area contributed by atoms with Crippen LogP contribution in [0.5, 0.6) is 11.5 Å². The Morgan fingerprint density at radius 3 is 1.85 bits per heavy atom. The molecule has 0 amide bonds. The summed E-state index contributed by atoms with van der Waals surface area (Å²) in [5.41, 5.74) is 8.31. The highest BCUT2D eigenvalue weighted by Crippen LogP contribution is 2.50. The van der Waals surface area contributed by atoms with E-state index in [0.717, 1.165) is 55.6 Å². The molecule has 0 bridgehead atoms. The van der Waals surface area contributed by atoms with Gasteiger partial charge in [0.2, 0.25) is 0 Å². The van der Waals surface area contributed by atoms with Gasteiger partial charge >= 0.3 is 5.97 Å². The lowest BCUT2D eigenvalue weighted by atomic mass is 9.59. The van der Waals surface area contributed by atoms with Crippen molar-refractivity contribution in [2.75, 3.05) is 18.9 Å². The van der Waals surface area contributed by atoms with Gasteiger partial charge < -0.3 is 24.9 Å². The maximum atomic E-state index is 14.0. The van der Waals surface area contributed by atoms with Gasteiger partial charge in [-0.1, -0.05) is 75.2 Å². The van der Waals surface area contributed by atoms with E-state index in [-0.39, 0.29) is 34.7 Å². The van der Waals surface area contributed by atoms with E-state index in [1.165, 1.54) is 0 Å². The minimum atomic E-state index is -0.373. The Morgan fingerprint density at radius 2 is 1.40 bits per heavy atom. The molecular weight excluding hydrogens is 500 g/mol. The molecule has 1 fully saturated rings. The summed E-state index contributed by atoms with van der Waals surface area (Å²) in [5, 5.41) is 0. The summed E-state index contributed by atoms with van der Waals surface area (Å²) in [4.78, 5) is 17.1. The quantitative estimate of drug-likeness (QED) is 0.214. The first-order valence-corrected chi connectivity index (χ1v) is 15.3. The number of hydrogen-bond acceptors (Lipinski definition) is 5. The number of nitrogens with one attached hydrogen (secondary N) is 1. The van der Waals surface area contributed by atoms with E-state index in [1.807, 2.05) is 18.2 Å². The lowest BCUT2D eigenvalue weighted by molar-refractivity contribution is -0.0922. The van der Waals surface area contributed by atoms with Crippen molar-refractivity contribution in [2.24, 2.45) is 28.6 Å². The molecule has 6 nitrogen and oxygen atoms in total. The Morgan fingerprint density at radius 1 is 0.900 bits per heavy atom. The SMILES string of the molecule is CCCCOc1cc(OCCCC)cc(-c2c[nH]c(N)c2C(=O)OC2C(C(C)(C)C)CC(C)CC2C(C)(C)C)c1. The Hall–Kier alpha value is -2.63. The zero-order valence-electron chi connectivity index (χ0n) is 26.5. The van der Waals surface area contributed by atoms with Gasteiger partial charge in [0.1, 0.15) is 29.0 Å². The van der Waals surface area contributed by atoms with Gasteiger partial charge in [-0.2, -0.15) is 0 Å². The minimum absolute atomic E-state index is 0.00450. The fourth-order valence-corrected chi connectivity index (χ4v) is 6.00. The first kappa shape index (κ1) is 31.9. The van der Waals surface area contributed by atoms with Crippen LogP contribution in [-0.4, -0.2) is 30.3 Å². The van der Waals surface area contributed by atoms with Crippen molar-refractivity contribution in [1.29, 1.82) is 0 Å². The van der Waals surface area contributed by atoms with Gasteiger partial charge in [-0.25, -0.2) is 4.79 Å². The van der Waals surface area contributed by atoms with Crippen molar-refractivity contribution >= 4 is 11.8 Å². The van der Waals surface area contributed by atoms with Crippen LogP contribution < -0.4 is 15.2 Å². The second-order valence-electron chi connectivity index (χ2n) is 14.0. The molecule has 40 heavy (non-hydrogen) atoms. The third-order valence-electron chi connectivity index (χ3n) is 8.41. The van der Waals surface area contributed by atoms with Crippen molar-refractivity contribution in [1.82, 2.24) is 4.98 Å². The lowest BCUT2D eigenvalue weighted by Gasteiger charge is -2.50. The highest BCUT2D eigenvalue weighted by atomic mass is 16.5. The monoisotopic (exact) mass is 554 g/mol. The smallest absolute Gasteiger partial charge is 0.342 e. The molecule has 3 N–H and O–H groups in total. The molecule has 1 aromatic heterocycles. The Bertz CT molecular complexity index is 1060. The molecule has 1 aromatic carbocycles. The molecule has 6 heteroatoms. The molecule has 224 valence electrons. The van der Waals surface area contributed by atoms with E-state index < -0.39 is 0 Å². The summed E-state index contributed by atoms with van der Waals surface area (Å²) in [5.74, 6) is 2.47. The van der Waals surface area contributed by atoms with Gasteiger partial charge in [-0.3, -0.25) is 0 Å². The number of anilines is 1. The van der Waals surface area contributed by atoms with E-state index in [2.05, 4.69) is 67.3 Å². The van der Waals surface area contributed by atoms with E-state index in [1.54, 1.807) is 6.20 Å². The van der Waals surface area contributed by atoms with Crippen LogP contribution in [0.15, 0.2) is 24.4 Å². The van der Waals surface area contributed by atoms with Crippen LogP contribution in [0, 0.1) is 28.6 Å². The number of benzene rings is 1. The molecule has 0 spiro atoms. The topological polar surface area (TPSA) is 86.6 Å². The number of esters is 1. The molecule has 2 aromatic rings. The second-order valence-corrected chi connectivity index (χ2v) is 14.0. The van der Waals surface area contributed by atoms with E-state index in [0.29, 0.717) is 36.1 Å². The first-order chi connectivity index (χ1) is 18.8. The average Bonchev–Trinajstić information content (AvgIpc) is 3.25. The molecule has 2 unspecified atom stereocenters. The molecule has 2 atom stereocenters. The zero-order chi connectivity index (χ0) is 29.7. The number of carbonyl (C=O) groups is 1. The van der Waals surface area contributed by atoms with Crippen LogP contribution >= 0.6 is 0 Å². The van der Waals surface area contributed by atoms with Gasteiger partial charge in [0, 0.05) is 29.7 Å². The van der Waals surface area contributed by atoms with Gasteiger partial charge in [0.05, 0.1) is 13.2 Å². The maximum Gasteiger partial charge on any atom is 0.342 e. The highest BCUT2D eigenvalue weighted by Gasteiger charge is 2.48. The molecule has 0 aliphatic heterocycles. The van der Waals surface area contributed by atoms with E-state index >= 15 is 0 Å². The number of carbonyl (C=O) groups excluding carboxylic acids is 1. The summed E-state index contributed by atoms with van der Waals surface area (Å²) < 4.78 is 18.6. The van der Waals surface area contributed by atoms with Crippen molar-refractivity contribution < 1.29 is 19.0 Å². The van der Waals surface area contributed by atoms with Gasteiger partial charge in [0.25, 0.3) is 0 Å². The molecule has 0 radical (unpaired) electrons. The van der Waals surface area contributed by atoms with Crippen LogP contribution in [0.1, 0.15) is 111 Å². The summed E-state index contributed by atoms with van der Waals surface area (Å²) in [7, 11) is 0. The fraction of sp³-hybridized carbons (Fsp3) is 0.676. The van der Waals surface area contributed by atoms with Crippen LogP contribution in [0.25, 0.3) is 11.1 Å². The zero-order valence-corrected chi connectivity index (χ0v) is 26.5. The number of nitrogen functional groups attached to an aromatic ring is 1. The lowest BCUT2D eigenvalue weighted by Crippen LogP contribution is -2.49. The number of aromatic amines is 1. The second kappa shape index (κ2) is 13.4.